The van der Waals surface area contributed by atoms with Crippen molar-refractivity contribution < 1.29 is 29.4 Å². The molecule has 0 saturated heterocycles. The van der Waals surface area contributed by atoms with Crippen LogP contribution < -0.4 is 21.7 Å². The van der Waals surface area contributed by atoms with E-state index in [0.717, 1.165) is 16.5 Å². The number of carbonyl (C=O) groups excluding carboxylic acids is 3. The van der Waals surface area contributed by atoms with E-state index in [0.29, 0.717) is 5.69 Å². The van der Waals surface area contributed by atoms with E-state index in [1.807, 2.05) is 24.3 Å². The van der Waals surface area contributed by atoms with Gasteiger partial charge in [0.1, 0.15) is 18.6 Å². The van der Waals surface area contributed by atoms with Gasteiger partial charge in [0.25, 0.3) is 0 Å². The molecule has 3 unspecified atom stereocenters. The molecule has 3 amide bonds. The van der Waals surface area contributed by atoms with Gasteiger partial charge in [0.05, 0.1) is 19.0 Å². The molecule has 0 bridgehead atoms. The molecule has 13 nitrogen and oxygen atoms in total. The second-order valence-corrected chi connectivity index (χ2v) is 7.87. The monoisotopic (exact) mass is 485 g/mol. The number of para-hydroxylation sites is 1. The number of carboxylic acid groups (broad SMARTS) is 1. The molecule has 0 saturated carbocycles. The minimum atomic E-state index is -1.41. The number of aliphatic hydroxyl groups is 1. The largest absolute Gasteiger partial charge is 0.480 e. The molecule has 3 rings (SSSR count). The van der Waals surface area contributed by atoms with Crippen molar-refractivity contribution in [3.05, 3.63) is 54.2 Å². The molecule has 3 aromatic rings. The van der Waals surface area contributed by atoms with Crippen LogP contribution in [-0.4, -0.2) is 80.1 Å². The number of aliphatic hydroxyl groups excluding tert-OH is 1. The Bertz CT molecular complexity index is 1180. The van der Waals surface area contributed by atoms with Gasteiger partial charge in [-0.2, -0.15) is 0 Å². The van der Waals surface area contributed by atoms with Crippen LogP contribution >= 0.6 is 0 Å². The average Bonchev–Trinajstić information content (AvgIpc) is 3.50. The number of nitrogens with one attached hydrogen (secondary N) is 5. The van der Waals surface area contributed by atoms with E-state index in [2.05, 4.69) is 30.9 Å². The Labute approximate surface area is 199 Å². The third-order valence-corrected chi connectivity index (χ3v) is 5.29. The molecular weight excluding hydrogens is 458 g/mol. The number of carbonyl (C=O) groups is 4. The lowest BCUT2D eigenvalue weighted by Gasteiger charge is -2.23. The first kappa shape index (κ1) is 25.4. The minimum Gasteiger partial charge on any atom is -0.480 e. The number of hydrogen-bond acceptors (Lipinski definition) is 7. The van der Waals surface area contributed by atoms with Gasteiger partial charge >= 0.3 is 5.97 Å². The first-order chi connectivity index (χ1) is 16.8. The number of aromatic amines is 2. The first-order valence-electron chi connectivity index (χ1n) is 10.8. The van der Waals surface area contributed by atoms with Gasteiger partial charge in [-0.05, 0) is 18.1 Å². The summed E-state index contributed by atoms with van der Waals surface area (Å²) in [6.45, 7) is -1.45. The molecule has 35 heavy (non-hydrogen) atoms. The zero-order valence-electron chi connectivity index (χ0n) is 18.7. The van der Waals surface area contributed by atoms with Crippen LogP contribution in [0.15, 0.2) is 43.0 Å². The van der Waals surface area contributed by atoms with Crippen LogP contribution in [0.3, 0.4) is 0 Å². The maximum atomic E-state index is 12.9. The molecule has 0 aliphatic rings. The molecule has 0 fully saturated rings. The van der Waals surface area contributed by atoms with Crippen molar-refractivity contribution in [2.24, 2.45) is 5.73 Å². The molecule has 13 heteroatoms. The van der Waals surface area contributed by atoms with Crippen molar-refractivity contribution in [1.29, 1.82) is 0 Å². The molecule has 3 atom stereocenters. The number of hydrogen-bond donors (Lipinski definition) is 8. The van der Waals surface area contributed by atoms with Crippen LogP contribution in [0.25, 0.3) is 10.9 Å². The minimum absolute atomic E-state index is 0.00622. The van der Waals surface area contributed by atoms with Crippen LogP contribution in [0.2, 0.25) is 0 Å². The highest BCUT2D eigenvalue weighted by Crippen LogP contribution is 2.18. The SMILES string of the molecule is NC(Cc1c[nH]c2ccccc12)C(=O)NC(Cc1cnc[nH]1)C(=O)NC(CO)C(=O)NCC(=O)O. The molecular formula is C22H27N7O6. The number of nitrogens with zero attached hydrogens (tertiary/aromatic N) is 1. The summed E-state index contributed by atoms with van der Waals surface area (Å²) in [4.78, 5) is 58.4. The van der Waals surface area contributed by atoms with Crippen molar-refractivity contribution in [3.8, 4) is 0 Å². The van der Waals surface area contributed by atoms with Crippen LogP contribution in [0.5, 0.6) is 0 Å². The third kappa shape index (κ3) is 6.88. The topological polar surface area (TPSA) is 215 Å². The van der Waals surface area contributed by atoms with E-state index in [1.54, 1.807) is 6.20 Å². The fourth-order valence-corrected chi connectivity index (χ4v) is 3.49. The number of benzene rings is 1. The van der Waals surface area contributed by atoms with Crippen molar-refractivity contribution >= 4 is 34.6 Å². The van der Waals surface area contributed by atoms with Crippen molar-refractivity contribution in [2.75, 3.05) is 13.2 Å². The molecule has 0 aliphatic carbocycles. The summed E-state index contributed by atoms with van der Waals surface area (Å²) in [7, 11) is 0. The number of carboxylic acids is 1. The number of imidazole rings is 1. The highest BCUT2D eigenvalue weighted by Gasteiger charge is 2.29. The van der Waals surface area contributed by atoms with Gasteiger partial charge in [-0.1, -0.05) is 18.2 Å². The van der Waals surface area contributed by atoms with Crippen LogP contribution in [-0.2, 0) is 32.0 Å². The molecule has 1 aromatic carbocycles. The maximum Gasteiger partial charge on any atom is 0.322 e. The van der Waals surface area contributed by atoms with Gasteiger partial charge in [0.2, 0.25) is 17.7 Å². The molecule has 2 aromatic heterocycles. The third-order valence-electron chi connectivity index (χ3n) is 5.29. The number of nitrogens with two attached hydrogens (primary N) is 1. The van der Waals surface area contributed by atoms with E-state index >= 15 is 0 Å². The summed E-state index contributed by atoms with van der Waals surface area (Å²) in [5, 5.41) is 26.1. The summed E-state index contributed by atoms with van der Waals surface area (Å²) in [6, 6.07) is 4.03. The lowest BCUT2D eigenvalue weighted by Crippen LogP contribution is -2.57. The van der Waals surface area contributed by atoms with E-state index < -0.39 is 55.0 Å². The van der Waals surface area contributed by atoms with Gasteiger partial charge in [-0.15, -0.1) is 0 Å². The number of fused-ring (bicyclic) bond motifs is 1. The molecule has 9 N–H and O–H groups in total. The fourth-order valence-electron chi connectivity index (χ4n) is 3.49. The van der Waals surface area contributed by atoms with Gasteiger partial charge in [-0.25, -0.2) is 4.98 Å². The molecule has 0 radical (unpaired) electrons. The highest BCUT2D eigenvalue weighted by atomic mass is 16.4. The number of amides is 3. The second-order valence-electron chi connectivity index (χ2n) is 7.87. The lowest BCUT2D eigenvalue weighted by molar-refractivity contribution is -0.139. The quantitative estimate of drug-likeness (QED) is 0.146. The van der Waals surface area contributed by atoms with Crippen LogP contribution in [0, 0.1) is 0 Å². The Hall–Kier alpha value is -4.23. The first-order valence-corrected chi connectivity index (χ1v) is 10.8. The summed E-state index contributed by atoms with van der Waals surface area (Å²) in [5.74, 6) is -3.52. The predicted octanol–water partition coefficient (Wildman–Crippen LogP) is -1.83. The van der Waals surface area contributed by atoms with Crippen LogP contribution in [0.1, 0.15) is 11.3 Å². The average molecular weight is 486 g/mol. The van der Waals surface area contributed by atoms with Gasteiger partial charge < -0.3 is 41.9 Å². The van der Waals surface area contributed by atoms with E-state index in [-0.39, 0.29) is 12.8 Å². The second kappa shape index (κ2) is 11.8. The number of aromatic nitrogens is 3. The highest BCUT2D eigenvalue weighted by molar-refractivity contribution is 5.94. The van der Waals surface area contributed by atoms with Crippen molar-refractivity contribution in [3.63, 3.8) is 0 Å². The maximum absolute atomic E-state index is 12.9. The van der Waals surface area contributed by atoms with Crippen molar-refractivity contribution in [1.82, 2.24) is 30.9 Å². The Kier molecular flexibility index (Phi) is 8.53. The summed E-state index contributed by atoms with van der Waals surface area (Å²) in [5.41, 5.74) is 8.41. The Morgan fingerprint density at radius 1 is 1.00 bits per heavy atom. The molecule has 186 valence electrons. The zero-order chi connectivity index (χ0) is 25.4. The summed E-state index contributed by atoms with van der Waals surface area (Å²) in [6.07, 6.45) is 4.87. The normalized spacial score (nSPS) is 13.5. The summed E-state index contributed by atoms with van der Waals surface area (Å²) >= 11 is 0. The standard InChI is InChI=1S/C22H27N7O6/c23-15(5-12-7-25-16-4-2-1-3-14(12)16)20(33)28-17(6-13-8-24-11-27-13)22(35)29-18(10-30)21(34)26-9-19(31)32/h1-4,7-8,11,15,17-18,25,30H,5-6,9-10,23H2,(H,24,27)(H,26,34)(H,28,33)(H,29,35)(H,31,32). The number of H-pyrrole nitrogens is 2. The predicted molar refractivity (Wildman–Crippen MR) is 124 cm³/mol. The van der Waals surface area contributed by atoms with Crippen LogP contribution in [0.4, 0.5) is 0 Å². The van der Waals surface area contributed by atoms with Gasteiger partial charge in [0, 0.05) is 35.4 Å². The van der Waals surface area contributed by atoms with E-state index in [1.165, 1.54) is 12.5 Å². The fraction of sp³-hybridized carbons (Fsp3) is 0.318. The van der Waals surface area contributed by atoms with Crippen molar-refractivity contribution in [2.45, 2.75) is 31.0 Å². The molecule has 0 spiro atoms. The number of aliphatic carboxylic acids is 1. The smallest absolute Gasteiger partial charge is 0.322 e. The Morgan fingerprint density at radius 2 is 1.74 bits per heavy atom. The Morgan fingerprint density at radius 3 is 2.43 bits per heavy atom. The lowest BCUT2D eigenvalue weighted by atomic mass is 10.0. The van der Waals surface area contributed by atoms with E-state index in [4.69, 9.17) is 10.8 Å². The Balaban J connectivity index is 1.68. The summed E-state index contributed by atoms with van der Waals surface area (Å²) < 4.78 is 0. The van der Waals surface area contributed by atoms with E-state index in [9.17, 15) is 24.3 Å². The number of rotatable bonds is 12. The molecule has 2 heterocycles. The molecule has 0 aliphatic heterocycles. The van der Waals surface area contributed by atoms with Gasteiger partial charge in [0.15, 0.2) is 0 Å². The van der Waals surface area contributed by atoms with Gasteiger partial charge in [-0.3, -0.25) is 19.2 Å². The zero-order valence-corrected chi connectivity index (χ0v) is 18.7.